The summed E-state index contributed by atoms with van der Waals surface area (Å²) >= 11 is 0. The van der Waals surface area contributed by atoms with E-state index in [0.717, 1.165) is 17.7 Å². The first kappa shape index (κ1) is 14.3. The Morgan fingerprint density at radius 2 is 2.10 bits per heavy atom. The van der Waals surface area contributed by atoms with Crippen molar-refractivity contribution in [2.45, 2.75) is 26.3 Å². The Labute approximate surface area is 118 Å². The number of benzene rings is 1. The van der Waals surface area contributed by atoms with Crippen molar-refractivity contribution in [1.29, 1.82) is 0 Å². The highest BCUT2D eigenvalue weighted by atomic mass is 19.1. The SMILES string of the molecule is CCOc1ncccc1NC(CC)c1cccc(F)c1. The minimum atomic E-state index is -0.223. The lowest BCUT2D eigenvalue weighted by molar-refractivity contribution is 0.328. The van der Waals surface area contributed by atoms with Gasteiger partial charge in [-0.25, -0.2) is 9.37 Å². The highest BCUT2D eigenvalue weighted by Crippen LogP contribution is 2.28. The average Bonchev–Trinajstić information content (AvgIpc) is 2.46. The fraction of sp³-hybridized carbons (Fsp3) is 0.312. The van der Waals surface area contributed by atoms with Gasteiger partial charge >= 0.3 is 0 Å². The van der Waals surface area contributed by atoms with E-state index in [4.69, 9.17) is 4.74 Å². The van der Waals surface area contributed by atoms with E-state index in [1.165, 1.54) is 6.07 Å². The third-order valence-corrected chi connectivity index (χ3v) is 3.04. The van der Waals surface area contributed by atoms with Gasteiger partial charge < -0.3 is 10.1 Å². The highest BCUT2D eigenvalue weighted by Gasteiger charge is 2.13. The fourth-order valence-electron chi connectivity index (χ4n) is 2.08. The molecule has 2 rings (SSSR count). The molecule has 1 aromatic heterocycles. The smallest absolute Gasteiger partial charge is 0.237 e. The molecule has 1 unspecified atom stereocenters. The molecule has 1 N–H and O–H groups in total. The molecule has 0 amide bonds. The zero-order valence-electron chi connectivity index (χ0n) is 11.8. The van der Waals surface area contributed by atoms with Crippen LogP contribution >= 0.6 is 0 Å². The van der Waals surface area contributed by atoms with Gasteiger partial charge in [-0.15, -0.1) is 0 Å². The monoisotopic (exact) mass is 274 g/mol. The molecule has 0 aliphatic rings. The molecular formula is C16H19FN2O. The predicted octanol–water partition coefficient (Wildman–Crippen LogP) is 4.18. The summed E-state index contributed by atoms with van der Waals surface area (Å²) in [6.45, 7) is 4.53. The molecule has 1 atom stereocenters. The minimum absolute atomic E-state index is 0.0223. The molecule has 0 aliphatic heterocycles. The van der Waals surface area contributed by atoms with Gasteiger partial charge in [0.2, 0.25) is 5.88 Å². The first-order valence-corrected chi connectivity index (χ1v) is 6.84. The molecule has 0 radical (unpaired) electrons. The Bertz CT molecular complexity index is 560. The van der Waals surface area contributed by atoms with E-state index in [1.807, 2.05) is 25.1 Å². The van der Waals surface area contributed by atoms with E-state index in [0.29, 0.717) is 12.5 Å². The number of anilines is 1. The van der Waals surface area contributed by atoms with Crippen LogP contribution in [0.1, 0.15) is 31.9 Å². The Hall–Kier alpha value is -2.10. The van der Waals surface area contributed by atoms with Gasteiger partial charge in [0.15, 0.2) is 0 Å². The molecule has 1 aromatic carbocycles. The largest absolute Gasteiger partial charge is 0.476 e. The van der Waals surface area contributed by atoms with Crippen molar-refractivity contribution in [3.63, 3.8) is 0 Å². The third-order valence-electron chi connectivity index (χ3n) is 3.04. The first-order valence-electron chi connectivity index (χ1n) is 6.84. The van der Waals surface area contributed by atoms with Crippen molar-refractivity contribution in [3.05, 3.63) is 54.0 Å². The molecule has 20 heavy (non-hydrogen) atoms. The first-order chi connectivity index (χ1) is 9.74. The van der Waals surface area contributed by atoms with Gasteiger partial charge in [0.1, 0.15) is 5.82 Å². The molecule has 0 fully saturated rings. The average molecular weight is 274 g/mol. The van der Waals surface area contributed by atoms with E-state index in [1.54, 1.807) is 18.3 Å². The van der Waals surface area contributed by atoms with Gasteiger partial charge in [0.05, 0.1) is 18.3 Å². The fourth-order valence-corrected chi connectivity index (χ4v) is 2.08. The maximum Gasteiger partial charge on any atom is 0.237 e. The number of hydrogen-bond acceptors (Lipinski definition) is 3. The maximum atomic E-state index is 13.3. The molecular weight excluding hydrogens is 255 g/mol. The van der Waals surface area contributed by atoms with Crippen molar-refractivity contribution in [3.8, 4) is 5.88 Å². The molecule has 1 heterocycles. The topological polar surface area (TPSA) is 34.1 Å². The highest BCUT2D eigenvalue weighted by molar-refractivity contribution is 5.53. The van der Waals surface area contributed by atoms with Crippen molar-refractivity contribution in [1.82, 2.24) is 4.98 Å². The molecule has 0 bridgehead atoms. The Balaban J connectivity index is 2.22. The Morgan fingerprint density at radius 1 is 1.25 bits per heavy atom. The summed E-state index contributed by atoms with van der Waals surface area (Å²) in [6, 6.07) is 10.4. The van der Waals surface area contributed by atoms with Gasteiger partial charge in [-0.3, -0.25) is 0 Å². The zero-order chi connectivity index (χ0) is 14.4. The summed E-state index contributed by atoms with van der Waals surface area (Å²) in [5, 5.41) is 3.37. The van der Waals surface area contributed by atoms with Crippen LogP contribution in [0.2, 0.25) is 0 Å². The van der Waals surface area contributed by atoms with E-state index in [2.05, 4.69) is 17.2 Å². The van der Waals surface area contributed by atoms with E-state index in [9.17, 15) is 4.39 Å². The maximum absolute atomic E-state index is 13.3. The lowest BCUT2D eigenvalue weighted by Gasteiger charge is -2.20. The van der Waals surface area contributed by atoms with Gasteiger partial charge in [-0.05, 0) is 43.2 Å². The van der Waals surface area contributed by atoms with Crippen molar-refractivity contribution < 1.29 is 9.13 Å². The normalized spacial score (nSPS) is 11.9. The quantitative estimate of drug-likeness (QED) is 0.858. The number of halogens is 1. The van der Waals surface area contributed by atoms with Crippen LogP contribution in [0.5, 0.6) is 5.88 Å². The molecule has 106 valence electrons. The standard InChI is InChI=1S/C16H19FN2O/c1-3-14(12-7-5-8-13(17)11-12)19-15-9-6-10-18-16(15)20-4-2/h5-11,14,19H,3-4H2,1-2H3. The van der Waals surface area contributed by atoms with Crippen LogP contribution < -0.4 is 10.1 Å². The van der Waals surface area contributed by atoms with Crippen molar-refractivity contribution in [2.75, 3.05) is 11.9 Å². The van der Waals surface area contributed by atoms with Crippen LogP contribution in [-0.4, -0.2) is 11.6 Å². The van der Waals surface area contributed by atoms with E-state index in [-0.39, 0.29) is 11.9 Å². The summed E-state index contributed by atoms with van der Waals surface area (Å²) < 4.78 is 18.8. The molecule has 0 aliphatic carbocycles. The summed E-state index contributed by atoms with van der Waals surface area (Å²) in [7, 11) is 0. The summed E-state index contributed by atoms with van der Waals surface area (Å²) in [5.74, 6) is 0.351. The van der Waals surface area contributed by atoms with Gasteiger partial charge in [0, 0.05) is 6.20 Å². The van der Waals surface area contributed by atoms with E-state index < -0.39 is 0 Å². The number of pyridine rings is 1. The number of hydrogen-bond donors (Lipinski definition) is 1. The number of rotatable bonds is 6. The van der Waals surface area contributed by atoms with Gasteiger partial charge in [0.25, 0.3) is 0 Å². The van der Waals surface area contributed by atoms with Crippen LogP contribution in [-0.2, 0) is 0 Å². The molecule has 4 heteroatoms. The molecule has 2 aromatic rings. The zero-order valence-corrected chi connectivity index (χ0v) is 11.8. The van der Waals surface area contributed by atoms with Crippen LogP contribution in [0.3, 0.4) is 0 Å². The van der Waals surface area contributed by atoms with Gasteiger partial charge in [-0.2, -0.15) is 0 Å². The number of nitrogens with one attached hydrogen (secondary N) is 1. The van der Waals surface area contributed by atoms with E-state index >= 15 is 0 Å². The second kappa shape index (κ2) is 6.89. The lowest BCUT2D eigenvalue weighted by Crippen LogP contribution is -2.11. The van der Waals surface area contributed by atoms with Crippen LogP contribution in [0.4, 0.5) is 10.1 Å². The minimum Gasteiger partial charge on any atom is -0.476 e. The van der Waals surface area contributed by atoms with Crippen LogP contribution in [0, 0.1) is 5.82 Å². The summed E-state index contributed by atoms with van der Waals surface area (Å²) in [4.78, 5) is 4.21. The Kier molecular flexibility index (Phi) is 4.93. The second-order valence-electron chi connectivity index (χ2n) is 4.45. The number of nitrogens with zero attached hydrogens (tertiary/aromatic N) is 1. The number of aromatic nitrogens is 1. The summed E-state index contributed by atoms with van der Waals surface area (Å²) in [6.07, 6.45) is 2.53. The summed E-state index contributed by atoms with van der Waals surface area (Å²) in [5.41, 5.74) is 1.74. The predicted molar refractivity (Wildman–Crippen MR) is 78.5 cm³/mol. The molecule has 3 nitrogen and oxygen atoms in total. The Morgan fingerprint density at radius 3 is 2.80 bits per heavy atom. The van der Waals surface area contributed by atoms with Crippen LogP contribution in [0.25, 0.3) is 0 Å². The second-order valence-corrected chi connectivity index (χ2v) is 4.45. The molecule has 0 saturated carbocycles. The van der Waals surface area contributed by atoms with Crippen molar-refractivity contribution >= 4 is 5.69 Å². The third kappa shape index (κ3) is 3.47. The van der Waals surface area contributed by atoms with Gasteiger partial charge in [-0.1, -0.05) is 19.1 Å². The lowest BCUT2D eigenvalue weighted by atomic mass is 10.0. The number of ether oxygens (including phenoxy) is 1. The molecule has 0 saturated heterocycles. The van der Waals surface area contributed by atoms with Crippen molar-refractivity contribution in [2.24, 2.45) is 0 Å². The van der Waals surface area contributed by atoms with Crippen LogP contribution in [0.15, 0.2) is 42.6 Å². The molecule has 0 spiro atoms.